The quantitative estimate of drug-likeness (QED) is 0.859. The molecule has 2 aromatic rings. The lowest BCUT2D eigenvalue weighted by Gasteiger charge is -2.22. The van der Waals surface area contributed by atoms with Crippen molar-refractivity contribution < 1.29 is 4.79 Å². The lowest BCUT2D eigenvalue weighted by Crippen LogP contribution is -2.35. The van der Waals surface area contributed by atoms with Crippen molar-refractivity contribution in [2.75, 3.05) is 27.2 Å². The van der Waals surface area contributed by atoms with Crippen molar-refractivity contribution in [2.45, 2.75) is 39.7 Å². The predicted octanol–water partition coefficient (Wildman–Crippen LogP) is 2.42. The van der Waals surface area contributed by atoms with Crippen molar-refractivity contribution in [1.29, 1.82) is 0 Å². The first-order valence-electron chi connectivity index (χ1n) is 9.00. The van der Waals surface area contributed by atoms with E-state index in [-0.39, 0.29) is 11.8 Å². The van der Waals surface area contributed by atoms with Crippen LogP contribution in [0.1, 0.15) is 48.4 Å². The molecular formula is C19H29N5O. The molecule has 1 fully saturated rings. The molecule has 1 amide bonds. The molecule has 25 heavy (non-hydrogen) atoms. The van der Waals surface area contributed by atoms with Gasteiger partial charge in [-0.2, -0.15) is 5.10 Å². The first-order chi connectivity index (χ1) is 11.7. The van der Waals surface area contributed by atoms with Crippen LogP contribution in [-0.2, 0) is 7.05 Å². The van der Waals surface area contributed by atoms with Gasteiger partial charge in [0.25, 0.3) is 5.91 Å². The third-order valence-electron chi connectivity index (χ3n) is 5.33. The molecule has 2 aromatic heterocycles. The van der Waals surface area contributed by atoms with Crippen LogP contribution in [0.4, 0.5) is 0 Å². The van der Waals surface area contributed by atoms with Crippen molar-refractivity contribution in [2.24, 2.45) is 13.0 Å². The smallest absolute Gasteiger partial charge is 0.254 e. The highest BCUT2D eigenvalue weighted by atomic mass is 16.2. The summed E-state index contributed by atoms with van der Waals surface area (Å²) in [6.45, 7) is 9.94. The summed E-state index contributed by atoms with van der Waals surface area (Å²) in [6, 6.07) is 2.37. The molecule has 0 bridgehead atoms. The highest BCUT2D eigenvalue weighted by Crippen LogP contribution is 2.28. The molecular weight excluding hydrogens is 314 g/mol. The maximum atomic E-state index is 13.4. The molecule has 0 aromatic carbocycles. The summed E-state index contributed by atoms with van der Waals surface area (Å²) >= 11 is 0. The summed E-state index contributed by atoms with van der Waals surface area (Å²) < 4.78 is 1.78. The summed E-state index contributed by atoms with van der Waals surface area (Å²) in [6.07, 6.45) is 0. The number of carbonyl (C=O) groups excluding carboxylic acids is 1. The highest BCUT2D eigenvalue weighted by molar-refractivity contribution is 6.06. The minimum Gasteiger partial charge on any atom is -0.337 e. The van der Waals surface area contributed by atoms with Crippen molar-refractivity contribution >= 4 is 16.9 Å². The van der Waals surface area contributed by atoms with Gasteiger partial charge in [-0.1, -0.05) is 20.8 Å². The molecule has 0 spiro atoms. The fourth-order valence-electron chi connectivity index (χ4n) is 3.89. The van der Waals surface area contributed by atoms with Gasteiger partial charge >= 0.3 is 0 Å². The van der Waals surface area contributed by atoms with Gasteiger partial charge in [0.2, 0.25) is 0 Å². The number of carbonyl (C=O) groups is 1. The van der Waals surface area contributed by atoms with E-state index in [0.717, 1.165) is 41.1 Å². The van der Waals surface area contributed by atoms with Gasteiger partial charge in [0.05, 0.1) is 16.6 Å². The summed E-state index contributed by atoms with van der Waals surface area (Å²) in [5, 5.41) is 5.38. The zero-order chi connectivity index (χ0) is 18.5. The van der Waals surface area contributed by atoms with Gasteiger partial charge in [0, 0.05) is 31.9 Å². The van der Waals surface area contributed by atoms with Gasteiger partial charge in [-0.3, -0.25) is 9.48 Å². The summed E-state index contributed by atoms with van der Waals surface area (Å²) in [7, 11) is 6.06. The van der Waals surface area contributed by atoms with Gasteiger partial charge in [-0.05, 0) is 38.9 Å². The van der Waals surface area contributed by atoms with E-state index in [1.807, 2.05) is 24.9 Å². The molecule has 3 rings (SSSR count). The Balaban J connectivity index is 2.07. The Kier molecular flexibility index (Phi) is 4.58. The van der Waals surface area contributed by atoms with Crippen LogP contribution in [0.25, 0.3) is 11.0 Å². The number of nitrogens with zero attached hydrogens (tertiary/aromatic N) is 5. The van der Waals surface area contributed by atoms with Crippen molar-refractivity contribution in [3.05, 3.63) is 23.0 Å². The van der Waals surface area contributed by atoms with E-state index in [0.29, 0.717) is 12.0 Å². The number of rotatable bonds is 3. The van der Waals surface area contributed by atoms with Gasteiger partial charge in [0.15, 0.2) is 5.65 Å². The zero-order valence-electron chi connectivity index (χ0n) is 16.4. The van der Waals surface area contributed by atoms with E-state index >= 15 is 0 Å². The van der Waals surface area contributed by atoms with Gasteiger partial charge in [0.1, 0.15) is 0 Å². The topological polar surface area (TPSA) is 54.3 Å². The lowest BCUT2D eigenvalue weighted by molar-refractivity contribution is 0.0783. The van der Waals surface area contributed by atoms with E-state index in [9.17, 15) is 4.79 Å². The van der Waals surface area contributed by atoms with Crippen LogP contribution in [0, 0.1) is 12.8 Å². The van der Waals surface area contributed by atoms with E-state index in [1.54, 1.807) is 4.68 Å². The Labute approximate surface area is 149 Å². The summed E-state index contributed by atoms with van der Waals surface area (Å²) in [5.74, 6) is 0.829. The monoisotopic (exact) mass is 343 g/mol. The Morgan fingerprint density at radius 1 is 1.32 bits per heavy atom. The third-order valence-corrected chi connectivity index (χ3v) is 5.33. The van der Waals surface area contributed by atoms with E-state index < -0.39 is 0 Å². The molecule has 6 heteroatoms. The average Bonchev–Trinajstić information content (AvgIpc) is 3.06. The Morgan fingerprint density at radius 2 is 2.00 bits per heavy atom. The van der Waals surface area contributed by atoms with Crippen LogP contribution < -0.4 is 0 Å². The normalized spacial score (nSPS) is 21.1. The van der Waals surface area contributed by atoms with E-state index in [1.165, 1.54) is 0 Å². The first-order valence-corrected chi connectivity index (χ1v) is 9.00. The predicted molar refractivity (Wildman–Crippen MR) is 99.9 cm³/mol. The molecule has 136 valence electrons. The molecule has 1 aliphatic heterocycles. The van der Waals surface area contributed by atoms with Crippen LogP contribution >= 0.6 is 0 Å². The number of pyridine rings is 1. The Morgan fingerprint density at radius 3 is 2.56 bits per heavy atom. The van der Waals surface area contributed by atoms with Gasteiger partial charge in [-0.15, -0.1) is 0 Å². The van der Waals surface area contributed by atoms with Crippen molar-refractivity contribution in [3.63, 3.8) is 0 Å². The van der Waals surface area contributed by atoms with Crippen molar-refractivity contribution in [1.82, 2.24) is 24.6 Å². The molecule has 0 saturated carbocycles. The Hall–Kier alpha value is -1.95. The number of hydrogen-bond donors (Lipinski definition) is 0. The standard InChI is InChI=1S/C19H29N5O/c1-11(2)15-8-14(17-13(4)21-23(7)18(17)20-15)19(25)24-9-12(3)16(10-24)22(5)6/h8,11-12,16H,9-10H2,1-7H3/t12-,16-/m0/s1. The maximum Gasteiger partial charge on any atom is 0.254 e. The second kappa shape index (κ2) is 6.41. The second-order valence-corrected chi connectivity index (χ2v) is 7.88. The maximum absolute atomic E-state index is 13.4. The largest absolute Gasteiger partial charge is 0.337 e. The number of hydrogen-bond acceptors (Lipinski definition) is 4. The first kappa shape index (κ1) is 17.9. The number of aryl methyl sites for hydroxylation is 2. The fourth-order valence-corrected chi connectivity index (χ4v) is 3.89. The number of fused-ring (bicyclic) bond motifs is 1. The third kappa shape index (κ3) is 3.03. The zero-order valence-corrected chi connectivity index (χ0v) is 16.4. The SMILES string of the molecule is Cc1nn(C)c2nc(C(C)C)cc(C(=O)N3C[C@H](C)[C@@H](N(C)C)C3)c12. The van der Waals surface area contributed by atoms with Crippen LogP contribution in [0.2, 0.25) is 0 Å². The lowest BCUT2D eigenvalue weighted by atomic mass is 10.0. The molecule has 2 atom stereocenters. The molecule has 0 unspecified atom stereocenters. The van der Waals surface area contributed by atoms with Gasteiger partial charge in [-0.25, -0.2) is 4.98 Å². The van der Waals surface area contributed by atoms with Crippen LogP contribution in [-0.4, -0.2) is 63.7 Å². The number of likely N-dealkylation sites (tertiary alicyclic amines) is 1. The highest BCUT2D eigenvalue weighted by Gasteiger charge is 2.35. The van der Waals surface area contributed by atoms with E-state index in [2.05, 4.69) is 44.9 Å². The number of aromatic nitrogens is 3. The number of amides is 1. The van der Waals surface area contributed by atoms with E-state index in [4.69, 9.17) is 4.98 Å². The molecule has 6 nitrogen and oxygen atoms in total. The molecule has 1 aliphatic rings. The fraction of sp³-hybridized carbons (Fsp3) is 0.632. The van der Waals surface area contributed by atoms with Gasteiger partial charge < -0.3 is 9.80 Å². The number of likely N-dealkylation sites (N-methyl/N-ethyl adjacent to an activating group) is 1. The summed E-state index contributed by atoms with van der Waals surface area (Å²) in [5.41, 5.74) is 3.34. The van der Waals surface area contributed by atoms with Crippen LogP contribution in [0.5, 0.6) is 0 Å². The van der Waals surface area contributed by atoms with Crippen molar-refractivity contribution in [3.8, 4) is 0 Å². The molecule has 0 N–H and O–H groups in total. The Bertz CT molecular complexity index is 808. The molecule has 3 heterocycles. The average molecular weight is 343 g/mol. The minimum atomic E-state index is 0.0987. The van der Waals surface area contributed by atoms with Crippen LogP contribution in [0.15, 0.2) is 6.07 Å². The second-order valence-electron chi connectivity index (χ2n) is 7.88. The summed E-state index contributed by atoms with van der Waals surface area (Å²) in [4.78, 5) is 22.3. The molecule has 1 saturated heterocycles. The molecule has 0 aliphatic carbocycles. The minimum absolute atomic E-state index is 0.0987. The molecule has 0 radical (unpaired) electrons. The van der Waals surface area contributed by atoms with Crippen LogP contribution in [0.3, 0.4) is 0 Å².